The lowest BCUT2D eigenvalue weighted by molar-refractivity contribution is -0.121. The van der Waals surface area contributed by atoms with Crippen molar-refractivity contribution < 1.29 is 14.4 Å². The van der Waals surface area contributed by atoms with Crippen LogP contribution < -0.4 is 4.90 Å². The standard InChI is InChI=1S/C32H29N7O3/c1-32(2,3)27-14-25(37(35-27)17-19-9-5-4-6-10-19)29(40)36-18-20-13-24(36)28-30(41)39(31(42)38(20)28)26-16-34-23(15-33)21-11-7-8-12-22(21)26/h4-12,14,16,20,24,28H,13,17-18H2,1-3H3/t20-,24?,28+/m1/s1. The van der Waals surface area contributed by atoms with Crippen molar-refractivity contribution in [2.75, 3.05) is 11.4 Å². The zero-order valence-corrected chi connectivity index (χ0v) is 23.6. The van der Waals surface area contributed by atoms with Crippen molar-refractivity contribution >= 4 is 34.3 Å². The lowest BCUT2D eigenvalue weighted by atomic mass is 9.92. The number of piperazine rings is 1. The van der Waals surface area contributed by atoms with Gasteiger partial charge in [-0.05, 0) is 18.1 Å². The quantitative estimate of drug-likeness (QED) is 0.348. The molecule has 0 N–H and O–H groups in total. The first-order valence-corrected chi connectivity index (χ1v) is 14.0. The average Bonchev–Trinajstić information content (AvgIpc) is 3.75. The first-order chi connectivity index (χ1) is 20.2. The number of nitriles is 1. The summed E-state index contributed by atoms with van der Waals surface area (Å²) in [4.78, 5) is 50.6. The SMILES string of the molecule is CC(C)(C)c1cc(C(=O)N2C[C@H]3CC2[C@H]2C(=O)N(c4cnc(C#N)c5ccccc45)C(=O)N32)n(Cc2ccccc2)n1. The van der Waals surface area contributed by atoms with E-state index in [1.54, 1.807) is 38.7 Å². The molecular formula is C32H29N7O3. The molecule has 2 aromatic carbocycles. The number of hydrogen-bond acceptors (Lipinski definition) is 6. The number of urea groups is 1. The number of benzene rings is 2. The third kappa shape index (κ3) is 3.80. The van der Waals surface area contributed by atoms with Gasteiger partial charge in [0, 0.05) is 22.7 Å². The van der Waals surface area contributed by atoms with Crippen LogP contribution in [0.3, 0.4) is 0 Å². The molecule has 1 unspecified atom stereocenters. The van der Waals surface area contributed by atoms with Crippen LogP contribution in [0.5, 0.6) is 0 Å². The summed E-state index contributed by atoms with van der Waals surface area (Å²) in [5.41, 5.74) is 2.63. The Morgan fingerprint density at radius 3 is 2.48 bits per heavy atom. The predicted octanol–water partition coefficient (Wildman–Crippen LogP) is 4.08. The highest BCUT2D eigenvalue weighted by Gasteiger charge is 2.63. The Morgan fingerprint density at radius 2 is 1.76 bits per heavy atom. The van der Waals surface area contributed by atoms with E-state index in [-0.39, 0.29) is 29.0 Å². The number of nitrogens with zero attached hydrogens (tertiary/aromatic N) is 7. The smallest absolute Gasteiger partial charge is 0.330 e. The fourth-order valence-electron chi connectivity index (χ4n) is 6.54. The molecule has 3 aliphatic rings. The van der Waals surface area contributed by atoms with E-state index in [9.17, 15) is 19.6 Å². The van der Waals surface area contributed by atoms with Gasteiger partial charge in [-0.2, -0.15) is 10.4 Å². The van der Waals surface area contributed by atoms with E-state index in [1.807, 2.05) is 36.4 Å². The summed E-state index contributed by atoms with van der Waals surface area (Å²) in [6, 6.07) is 19.0. The summed E-state index contributed by atoms with van der Waals surface area (Å²) in [6.07, 6.45) is 1.97. The molecule has 7 rings (SSSR count). The van der Waals surface area contributed by atoms with Crippen molar-refractivity contribution in [2.45, 2.75) is 57.3 Å². The second-order valence-electron chi connectivity index (χ2n) is 12.2. The normalized spacial score (nSPS) is 21.4. The molecule has 4 amide bonds. The average molecular weight is 560 g/mol. The van der Waals surface area contributed by atoms with Gasteiger partial charge in [-0.15, -0.1) is 0 Å². The molecule has 3 aliphatic heterocycles. The molecule has 4 aromatic rings. The van der Waals surface area contributed by atoms with Gasteiger partial charge in [0.1, 0.15) is 23.5 Å². The highest BCUT2D eigenvalue weighted by molar-refractivity contribution is 6.25. The first kappa shape index (κ1) is 25.9. The van der Waals surface area contributed by atoms with Gasteiger partial charge in [-0.25, -0.2) is 14.7 Å². The van der Waals surface area contributed by atoms with Crippen LogP contribution in [0.1, 0.15) is 54.6 Å². The van der Waals surface area contributed by atoms with Gasteiger partial charge in [0.25, 0.3) is 11.8 Å². The molecule has 3 atom stereocenters. The lowest BCUT2D eigenvalue weighted by Crippen LogP contribution is -2.55. The van der Waals surface area contributed by atoms with Gasteiger partial charge in [-0.3, -0.25) is 14.3 Å². The van der Waals surface area contributed by atoms with Crippen molar-refractivity contribution in [3.05, 3.63) is 89.5 Å². The fourth-order valence-corrected chi connectivity index (χ4v) is 6.54. The zero-order chi connectivity index (χ0) is 29.3. The molecule has 0 aliphatic carbocycles. The summed E-state index contributed by atoms with van der Waals surface area (Å²) < 4.78 is 1.75. The number of rotatable bonds is 4. The van der Waals surface area contributed by atoms with E-state index in [2.05, 4.69) is 31.8 Å². The topological polar surface area (TPSA) is 115 Å². The fraction of sp³-hybridized carbons (Fsp3) is 0.312. The van der Waals surface area contributed by atoms with Crippen molar-refractivity contribution in [1.82, 2.24) is 24.6 Å². The Hall–Kier alpha value is -5.04. The third-order valence-electron chi connectivity index (χ3n) is 8.59. The van der Waals surface area contributed by atoms with Crippen LogP contribution in [-0.2, 0) is 16.8 Å². The summed E-state index contributed by atoms with van der Waals surface area (Å²) in [6.45, 7) is 6.97. The Labute approximate surface area is 242 Å². The summed E-state index contributed by atoms with van der Waals surface area (Å²) in [5.74, 6) is -0.569. The van der Waals surface area contributed by atoms with Gasteiger partial charge in [0.05, 0.1) is 36.2 Å². The summed E-state index contributed by atoms with van der Waals surface area (Å²) >= 11 is 0. The first-order valence-electron chi connectivity index (χ1n) is 14.0. The molecule has 2 bridgehead atoms. The summed E-state index contributed by atoms with van der Waals surface area (Å²) in [5, 5.41) is 15.5. The molecule has 0 radical (unpaired) electrons. The van der Waals surface area contributed by atoms with Gasteiger partial charge < -0.3 is 9.80 Å². The molecule has 0 spiro atoms. The van der Waals surface area contributed by atoms with Crippen LogP contribution in [0.4, 0.5) is 10.5 Å². The van der Waals surface area contributed by atoms with Crippen molar-refractivity contribution in [2.24, 2.45) is 0 Å². The van der Waals surface area contributed by atoms with Crippen LogP contribution in [0.15, 0.2) is 66.9 Å². The number of imide groups is 1. The Balaban J connectivity index is 1.22. The molecule has 10 nitrogen and oxygen atoms in total. The minimum absolute atomic E-state index is 0.190. The largest absolute Gasteiger partial charge is 0.332 e. The second-order valence-corrected chi connectivity index (χ2v) is 12.2. The van der Waals surface area contributed by atoms with Crippen molar-refractivity contribution in [1.29, 1.82) is 5.26 Å². The molecule has 0 saturated carbocycles. The third-order valence-corrected chi connectivity index (χ3v) is 8.59. The Morgan fingerprint density at radius 1 is 1.05 bits per heavy atom. The Bertz CT molecular complexity index is 1820. The maximum Gasteiger partial charge on any atom is 0.332 e. The zero-order valence-electron chi connectivity index (χ0n) is 23.6. The predicted molar refractivity (Wildman–Crippen MR) is 155 cm³/mol. The number of carbonyl (C=O) groups excluding carboxylic acids is 3. The van der Waals surface area contributed by atoms with E-state index in [0.717, 1.165) is 11.3 Å². The Kier molecular flexibility index (Phi) is 5.70. The molecule has 5 heterocycles. The number of hydrogen-bond donors (Lipinski definition) is 0. The molecule has 3 saturated heterocycles. The second kappa shape index (κ2) is 9.24. The van der Waals surface area contributed by atoms with E-state index in [4.69, 9.17) is 5.10 Å². The maximum absolute atomic E-state index is 14.2. The van der Waals surface area contributed by atoms with E-state index in [0.29, 0.717) is 41.7 Å². The van der Waals surface area contributed by atoms with Crippen molar-refractivity contribution in [3.63, 3.8) is 0 Å². The molecule has 210 valence electrons. The van der Waals surface area contributed by atoms with E-state index in [1.165, 1.54) is 11.1 Å². The van der Waals surface area contributed by atoms with Crippen LogP contribution in [0.25, 0.3) is 10.8 Å². The van der Waals surface area contributed by atoms with Crippen LogP contribution >= 0.6 is 0 Å². The van der Waals surface area contributed by atoms with Gasteiger partial charge in [0.15, 0.2) is 0 Å². The highest BCUT2D eigenvalue weighted by atomic mass is 16.2. The van der Waals surface area contributed by atoms with Gasteiger partial charge in [-0.1, -0.05) is 75.4 Å². The molecule has 3 fully saturated rings. The number of fused-ring (bicyclic) bond motifs is 6. The number of likely N-dealkylation sites (tertiary alicyclic amines) is 1. The van der Waals surface area contributed by atoms with E-state index >= 15 is 0 Å². The molecule has 10 heteroatoms. The molecule has 2 aromatic heterocycles. The highest BCUT2D eigenvalue weighted by Crippen LogP contribution is 2.44. The lowest BCUT2D eigenvalue weighted by Gasteiger charge is -2.34. The number of aromatic nitrogens is 3. The summed E-state index contributed by atoms with van der Waals surface area (Å²) in [7, 11) is 0. The van der Waals surface area contributed by atoms with Crippen LogP contribution in [0.2, 0.25) is 0 Å². The van der Waals surface area contributed by atoms with E-state index < -0.39 is 18.1 Å². The van der Waals surface area contributed by atoms with Crippen LogP contribution in [-0.4, -0.2) is 67.1 Å². The number of carbonyl (C=O) groups is 3. The number of anilines is 1. The van der Waals surface area contributed by atoms with Crippen molar-refractivity contribution in [3.8, 4) is 6.07 Å². The number of pyridine rings is 1. The minimum atomic E-state index is -0.776. The molecule has 42 heavy (non-hydrogen) atoms. The van der Waals surface area contributed by atoms with Gasteiger partial charge in [0.2, 0.25) is 0 Å². The van der Waals surface area contributed by atoms with Gasteiger partial charge >= 0.3 is 6.03 Å². The number of amides is 4. The monoisotopic (exact) mass is 559 g/mol. The maximum atomic E-state index is 14.2. The molecular weight excluding hydrogens is 530 g/mol. The minimum Gasteiger partial charge on any atom is -0.330 e. The van der Waals surface area contributed by atoms with Crippen LogP contribution in [0, 0.1) is 11.3 Å².